The molecular weight excluding hydrogens is 448 g/mol. The van der Waals surface area contributed by atoms with Crippen molar-refractivity contribution in [3.05, 3.63) is 39.7 Å². The lowest BCUT2D eigenvalue weighted by Gasteiger charge is -2.47. The molecule has 5 rings (SSSR count). The topological polar surface area (TPSA) is 109 Å². The number of benzene rings is 1. The second kappa shape index (κ2) is 9.64. The number of likely N-dealkylation sites (tertiary alicyclic amines) is 1. The van der Waals surface area contributed by atoms with Gasteiger partial charge < -0.3 is 24.5 Å². The lowest BCUT2D eigenvalue weighted by molar-refractivity contribution is -0.144. The summed E-state index contributed by atoms with van der Waals surface area (Å²) in [7, 11) is 0. The lowest BCUT2D eigenvalue weighted by Crippen LogP contribution is -2.56. The fourth-order valence-corrected chi connectivity index (χ4v) is 5.97. The molecule has 1 saturated carbocycles. The van der Waals surface area contributed by atoms with Gasteiger partial charge in [0.05, 0.1) is 12.1 Å². The highest BCUT2D eigenvalue weighted by molar-refractivity contribution is 5.87. The Morgan fingerprint density at radius 3 is 2.83 bits per heavy atom. The Balaban J connectivity index is 1.17. The van der Waals surface area contributed by atoms with Crippen LogP contribution in [0.2, 0.25) is 0 Å². The number of rotatable bonds is 5. The number of carbonyl (C=O) groups is 2. The molecule has 1 aromatic carbocycles. The van der Waals surface area contributed by atoms with Crippen LogP contribution in [-0.4, -0.2) is 53.2 Å². The van der Waals surface area contributed by atoms with Crippen LogP contribution < -0.4 is 15.7 Å². The van der Waals surface area contributed by atoms with Crippen molar-refractivity contribution in [2.75, 3.05) is 19.6 Å². The van der Waals surface area contributed by atoms with Crippen LogP contribution in [0, 0.1) is 5.92 Å². The summed E-state index contributed by atoms with van der Waals surface area (Å²) in [5.74, 6) is 0.00965. The third-order valence-corrected chi connectivity index (χ3v) is 8.07. The highest BCUT2D eigenvalue weighted by Gasteiger charge is 2.43. The highest BCUT2D eigenvalue weighted by atomic mass is 16.5. The van der Waals surface area contributed by atoms with Gasteiger partial charge >= 0.3 is 5.63 Å². The molecular formula is C27H34N2O6. The molecule has 1 aliphatic heterocycles. The predicted molar refractivity (Wildman–Crippen MR) is 130 cm³/mol. The summed E-state index contributed by atoms with van der Waals surface area (Å²) in [6.07, 6.45) is 7.31. The first kappa shape index (κ1) is 23.9. The van der Waals surface area contributed by atoms with Crippen molar-refractivity contribution in [3.63, 3.8) is 0 Å². The Labute approximate surface area is 204 Å². The minimum atomic E-state index is -0.825. The van der Waals surface area contributed by atoms with Crippen LogP contribution in [0.5, 0.6) is 5.75 Å². The second-order valence-electron chi connectivity index (χ2n) is 10.3. The zero-order valence-electron chi connectivity index (χ0n) is 20.3. The van der Waals surface area contributed by atoms with Crippen LogP contribution in [0.4, 0.5) is 0 Å². The molecule has 2 amide bonds. The molecule has 1 saturated heterocycles. The lowest BCUT2D eigenvalue weighted by atomic mass is 9.71. The fraction of sp³-hybridized carbons (Fsp3) is 0.593. The predicted octanol–water partition coefficient (Wildman–Crippen LogP) is 2.71. The molecule has 2 aliphatic carbocycles. The molecule has 8 heteroatoms. The Morgan fingerprint density at radius 1 is 1.20 bits per heavy atom. The van der Waals surface area contributed by atoms with E-state index >= 15 is 0 Å². The number of fused-ring (bicyclic) bond motifs is 4. The Bertz CT molecular complexity index is 1190. The maximum Gasteiger partial charge on any atom is 0.339 e. The highest BCUT2D eigenvalue weighted by Crippen LogP contribution is 2.39. The maximum atomic E-state index is 12.7. The normalized spacial score (nSPS) is 24.9. The van der Waals surface area contributed by atoms with Gasteiger partial charge in [0.25, 0.3) is 5.91 Å². The molecule has 0 bridgehead atoms. The van der Waals surface area contributed by atoms with Gasteiger partial charge in [-0.15, -0.1) is 0 Å². The summed E-state index contributed by atoms with van der Waals surface area (Å²) in [4.78, 5) is 39.4. The largest absolute Gasteiger partial charge is 0.481 e. The number of carbonyl (C=O) groups excluding carboxylic acids is 2. The average molecular weight is 483 g/mol. The third kappa shape index (κ3) is 4.81. The number of ether oxygens (including phenoxy) is 1. The van der Waals surface area contributed by atoms with E-state index in [1.54, 1.807) is 24.0 Å². The number of nitrogens with zero attached hydrogens (tertiary/aromatic N) is 1. The van der Waals surface area contributed by atoms with Crippen LogP contribution in [-0.2, 0) is 22.4 Å². The van der Waals surface area contributed by atoms with Crippen molar-refractivity contribution < 1.29 is 23.8 Å². The average Bonchev–Trinajstić information content (AvgIpc) is 2.86. The first-order chi connectivity index (χ1) is 16.8. The Kier molecular flexibility index (Phi) is 6.57. The fourth-order valence-electron chi connectivity index (χ4n) is 5.97. The summed E-state index contributed by atoms with van der Waals surface area (Å²) in [5, 5.41) is 14.4. The molecule has 1 aromatic heterocycles. The number of hydrogen-bond acceptors (Lipinski definition) is 6. The van der Waals surface area contributed by atoms with Crippen molar-refractivity contribution in [2.24, 2.45) is 5.92 Å². The molecule has 2 heterocycles. The van der Waals surface area contributed by atoms with Gasteiger partial charge in [0, 0.05) is 36.0 Å². The Hall–Kier alpha value is -2.87. The monoisotopic (exact) mass is 482 g/mol. The van der Waals surface area contributed by atoms with Crippen LogP contribution in [0.25, 0.3) is 11.0 Å². The van der Waals surface area contributed by atoms with Crippen LogP contribution in [0.1, 0.15) is 63.0 Å². The minimum absolute atomic E-state index is 0.101. The SMILES string of the molecule is CC(Oc1ccc2c3c(c(=O)oc2c1)CCCC3)C(=O)NCC(=O)N1CCC2(O)CCCCC2C1. The van der Waals surface area contributed by atoms with E-state index in [1.807, 2.05) is 6.07 Å². The first-order valence-electron chi connectivity index (χ1n) is 12.9. The van der Waals surface area contributed by atoms with E-state index < -0.39 is 17.6 Å². The van der Waals surface area contributed by atoms with Gasteiger partial charge in [-0.1, -0.05) is 12.8 Å². The van der Waals surface area contributed by atoms with E-state index in [4.69, 9.17) is 9.15 Å². The van der Waals surface area contributed by atoms with Gasteiger partial charge in [-0.05, 0) is 69.6 Å². The molecule has 0 spiro atoms. The quantitative estimate of drug-likeness (QED) is 0.635. The molecule has 3 aliphatic rings. The third-order valence-electron chi connectivity index (χ3n) is 8.07. The standard InChI is InChI=1S/C27H34N2O6/c1-17(25(31)28-15-24(30)29-13-12-27(33)11-5-4-6-18(27)16-29)34-19-9-10-21-20-7-2-3-8-22(20)26(32)35-23(21)14-19/h9-10,14,17-18,33H,2-8,11-13,15-16H2,1H3,(H,28,31). The van der Waals surface area contributed by atoms with Gasteiger partial charge in [0.2, 0.25) is 5.91 Å². The van der Waals surface area contributed by atoms with E-state index in [9.17, 15) is 19.5 Å². The number of piperidine rings is 1. The van der Waals surface area contributed by atoms with Crippen LogP contribution in [0.3, 0.4) is 0 Å². The summed E-state index contributed by atoms with van der Waals surface area (Å²) < 4.78 is 11.3. The molecule has 2 N–H and O–H groups in total. The van der Waals surface area contributed by atoms with Crippen molar-refractivity contribution in [3.8, 4) is 5.75 Å². The molecule has 2 fully saturated rings. The van der Waals surface area contributed by atoms with Crippen molar-refractivity contribution >= 4 is 22.8 Å². The molecule has 3 atom stereocenters. The minimum Gasteiger partial charge on any atom is -0.481 e. The van der Waals surface area contributed by atoms with E-state index in [0.717, 1.165) is 67.9 Å². The molecule has 35 heavy (non-hydrogen) atoms. The molecule has 3 unspecified atom stereocenters. The molecule has 8 nitrogen and oxygen atoms in total. The smallest absolute Gasteiger partial charge is 0.339 e. The number of hydrogen-bond donors (Lipinski definition) is 2. The van der Waals surface area contributed by atoms with E-state index in [1.165, 1.54) is 0 Å². The number of aryl methyl sites for hydroxylation is 1. The van der Waals surface area contributed by atoms with Crippen molar-refractivity contribution in [1.29, 1.82) is 0 Å². The van der Waals surface area contributed by atoms with Crippen LogP contribution in [0.15, 0.2) is 27.4 Å². The number of aliphatic hydroxyl groups is 1. The van der Waals surface area contributed by atoms with Crippen LogP contribution >= 0.6 is 0 Å². The van der Waals surface area contributed by atoms with Gasteiger partial charge in [0.1, 0.15) is 11.3 Å². The number of amides is 2. The number of nitrogens with one attached hydrogen (secondary N) is 1. The second-order valence-corrected chi connectivity index (χ2v) is 10.3. The zero-order valence-corrected chi connectivity index (χ0v) is 20.3. The van der Waals surface area contributed by atoms with Crippen molar-refractivity contribution in [2.45, 2.75) is 76.4 Å². The van der Waals surface area contributed by atoms with Gasteiger partial charge in [-0.3, -0.25) is 9.59 Å². The van der Waals surface area contributed by atoms with Gasteiger partial charge in [-0.2, -0.15) is 0 Å². The van der Waals surface area contributed by atoms with Gasteiger partial charge in [0.15, 0.2) is 6.10 Å². The summed E-state index contributed by atoms with van der Waals surface area (Å²) in [6, 6.07) is 5.32. The summed E-state index contributed by atoms with van der Waals surface area (Å²) in [5.41, 5.74) is 1.36. The molecule has 2 aromatic rings. The summed E-state index contributed by atoms with van der Waals surface area (Å²) in [6.45, 7) is 2.58. The maximum absolute atomic E-state index is 12.7. The molecule has 0 radical (unpaired) electrons. The zero-order chi connectivity index (χ0) is 24.6. The van der Waals surface area contributed by atoms with E-state index in [0.29, 0.717) is 30.8 Å². The van der Waals surface area contributed by atoms with Crippen molar-refractivity contribution in [1.82, 2.24) is 10.2 Å². The van der Waals surface area contributed by atoms with E-state index in [2.05, 4.69) is 5.32 Å². The Morgan fingerprint density at radius 2 is 2.00 bits per heavy atom. The van der Waals surface area contributed by atoms with Gasteiger partial charge in [-0.25, -0.2) is 4.79 Å². The summed E-state index contributed by atoms with van der Waals surface area (Å²) >= 11 is 0. The van der Waals surface area contributed by atoms with E-state index in [-0.39, 0.29) is 24.0 Å². The molecule has 188 valence electrons. The first-order valence-corrected chi connectivity index (χ1v) is 12.9.